The van der Waals surface area contributed by atoms with Crippen molar-refractivity contribution >= 4 is 16.0 Å². The molecule has 0 amide bonds. The van der Waals surface area contributed by atoms with E-state index in [1.807, 2.05) is 0 Å². The molecule has 108 valence electrons. The third-order valence-electron chi connectivity index (χ3n) is 3.53. The maximum atomic E-state index is 12.4. The van der Waals surface area contributed by atoms with Crippen LogP contribution in [0, 0.1) is 5.92 Å². The Labute approximate surface area is 118 Å². The van der Waals surface area contributed by atoms with Crippen molar-refractivity contribution in [3.05, 3.63) is 42.5 Å². The SMILES string of the molecule is C=CC(C)[C@]1(C(=O)OCC)NS(=O)(=O)c2ccccc21. The van der Waals surface area contributed by atoms with Crippen molar-refractivity contribution < 1.29 is 17.9 Å². The highest BCUT2D eigenvalue weighted by Crippen LogP contribution is 2.42. The minimum absolute atomic E-state index is 0.113. The topological polar surface area (TPSA) is 72.5 Å². The maximum Gasteiger partial charge on any atom is 0.332 e. The van der Waals surface area contributed by atoms with E-state index in [1.54, 1.807) is 38.1 Å². The van der Waals surface area contributed by atoms with E-state index in [1.165, 1.54) is 6.07 Å². The summed E-state index contributed by atoms with van der Waals surface area (Å²) in [7, 11) is -3.73. The molecule has 0 aromatic heterocycles. The molecule has 1 aliphatic heterocycles. The highest BCUT2D eigenvalue weighted by Gasteiger charge is 2.55. The van der Waals surface area contributed by atoms with E-state index in [9.17, 15) is 13.2 Å². The molecule has 1 heterocycles. The number of rotatable bonds is 4. The molecule has 1 N–H and O–H groups in total. The molecule has 0 aliphatic carbocycles. The molecule has 2 rings (SSSR count). The molecule has 0 radical (unpaired) electrons. The summed E-state index contributed by atoms with van der Waals surface area (Å²) in [5.74, 6) is -1.05. The lowest BCUT2D eigenvalue weighted by Gasteiger charge is -2.31. The van der Waals surface area contributed by atoms with Gasteiger partial charge in [-0.1, -0.05) is 31.2 Å². The number of ether oxygens (including phenoxy) is 1. The van der Waals surface area contributed by atoms with Crippen molar-refractivity contribution in [3.63, 3.8) is 0 Å². The smallest absolute Gasteiger partial charge is 0.332 e. The number of esters is 1. The van der Waals surface area contributed by atoms with E-state index in [0.29, 0.717) is 5.56 Å². The summed E-state index contributed by atoms with van der Waals surface area (Å²) < 4.78 is 32.0. The highest BCUT2D eigenvalue weighted by atomic mass is 32.2. The molecular weight excluding hydrogens is 278 g/mol. The molecule has 0 saturated heterocycles. The first-order valence-electron chi connectivity index (χ1n) is 6.33. The van der Waals surface area contributed by atoms with E-state index in [-0.39, 0.29) is 11.5 Å². The fourth-order valence-electron chi connectivity index (χ4n) is 2.45. The summed E-state index contributed by atoms with van der Waals surface area (Å²) in [5.41, 5.74) is -1.03. The summed E-state index contributed by atoms with van der Waals surface area (Å²) in [6, 6.07) is 6.43. The zero-order chi connectivity index (χ0) is 15.0. The minimum Gasteiger partial charge on any atom is -0.464 e. The second-order valence-corrected chi connectivity index (χ2v) is 6.31. The Morgan fingerprint density at radius 3 is 2.75 bits per heavy atom. The summed E-state index contributed by atoms with van der Waals surface area (Å²) >= 11 is 0. The molecule has 6 heteroatoms. The third-order valence-corrected chi connectivity index (χ3v) is 5.06. The van der Waals surface area contributed by atoms with Gasteiger partial charge in [-0.25, -0.2) is 13.2 Å². The monoisotopic (exact) mass is 295 g/mol. The molecule has 0 saturated carbocycles. The van der Waals surface area contributed by atoms with Crippen LogP contribution >= 0.6 is 0 Å². The fourth-order valence-corrected chi connectivity index (χ4v) is 4.14. The van der Waals surface area contributed by atoms with Gasteiger partial charge in [-0.05, 0) is 13.0 Å². The van der Waals surface area contributed by atoms with Crippen LogP contribution in [0.5, 0.6) is 0 Å². The summed E-state index contributed by atoms with van der Waals surface area (Å²) in [6.07, 6.45) is 1.54. The van der Waals surface area contributed by atoms with Crippen molar-refractivity contribution in [2.45, 2.75) is 24.3 Å². The largest absolute Gasteiger partial charge is 0.464 e. The average Bonchev–Trinajstić information content (AvgIpc) is 2.68. The second kappa shape index (κ2) is 5.03. The molecule has 1 aromatic rings. The van der Waals surface area contributed by atoms with Gasteiger partial charge in [0.05, 0.1) is 11.5 Å². The summed E-state index contributed by atoms with van der Waals surface area (Å²) in [5, 5.41) is 0. The van der Waals surface area contributed by atoms with Crippen molar-refractivity contribution in [2.24, 2.45) is 5.92 Å². The van der Waals surface area contributed by atoms with Gasteiger partial charge in [-0.3, -0.25) is 0 Å². The van der Waals surface area contributed by atoms with Crippen LogP contribution in [0.25, 0.3) is 0 Å². The van der Waals surface area contributed by atoms with Gasteiger partial charge in [-0.15, -0.1) is 6.58 Å². The molecule has 0 spiro atoms. The van der Waals surface area contributed by atoms with Crippen molar-refractivity contribution in [1.29, 1.82) is 0 Å². The summed E-state index contributed by atoms with van der Waals surface area (Å²) in [4.78, 5) is 12.5. The Hall–Kier alpha value is -1.66. The predicted octanol–water partition coefficient (Wildman–Crippen LogP) is 1.56. The summed E-state index contributed by atoms with van der Waals surface area (Å²) in [6.45, 7) is 7.26. The second-order valence-electron chi connectivity index (χ2n) is 4.65. The molecule has 0 bridgehead atoms. The van der Waals surface area contributed by atoms with Gasteiger partial charge in [0.1, 0.15) is 0 Å². The molecule has 1 unspecified atom stereocenters. The van der Waals surface area contributed by atoms with Crippen LogP contribution in [0.4, 0.5) is 0 Å². The van der Waals surface area contributed by atoms with E-state index in [0.717, 1.165) is 0 Å². The number of carbonyl (C=O) groups is 1. The van der Waals surface area contributed by atoms with E-state index in [2.05, 4.69) is 11.3 Å². The van der Waals surface area contributed by atoms with Gasteiger partial charge >= 0.3 is 5.97 Å². The molecule has 20 heavy (non-hydrogen) atoms. The van der Waals surface area contributed by atoms with Crippen LogP contribution in [0.15, 0.2) is 41.8 Å². The van der Waals surface area contributed by atoms with Gasteiger partial charge in [0.2, 0.25) is 10.0 Å². The van der Waals surface area contributed by atoms with Gasteiger partial charge in [0, 0.05) is 11.5 Å². The van der Waals surface area contributed by atoms with Gasteiger partial charge in [0.25, 0.3) is 0 Å². The van der Waals surface area contributed by atoms with Crippen molar-refractivity contribution in [3.8, 4) is 0 Å². The van der Waals surface area contributed by atoms with Crippen LogP contribution in [-0.2, 0) is 25.1 Å². The number of nitrogens with one attached hydrogen (secondary N) is 1. The average molecular weight is 295 g/mol. The van der Waals surface area contributed by atoms with E-state index in [4.69, 9.17) is 4.74 Å². The number of carbonyl (C=O) groups excluding carboxylic acids is 1. The number of hydrogen-bond acceptors (Lipinski definition) is 4. The Morgan fingerprint density at radius 2 is 2.15 bits per heavy atom. The third kappa shape index (κ3) is 1.96. The zero-order valence-corrected chi connectivity index (χ0v) is 12.2. The number of hydrogen-bond donors (Lipinski definition) is 1. The van der Waals surface area contributed by atoms with E-state index < -0.39 is 27.4 Å². The van der Waals surface area contributed by atoms with Gasteiger partial charge in [-0.2, -0.15) is 4.72 Å². The Bertz CT molecular complexity index is 653. The quantitative estimate of drug-likeness (QED) is 0.676. The standard InChI is InChI=1S/C14H17NO4S/c1-4-10(3)14(13(16)19-5-2)11-8-6-7-9-12(11)20(17,18)15-14/h4,6-10,15H,1,5H2,2-3H3/t10?,14-/m0/s1. The number of fused-ring (bicyclic) bond motifs is 1. The van der Waals surface area contributed by atoms with Gasteiger partial charge < -0.3 is 4.74 Å². The zero-order valence-electron chi connectivity index (χ0n) is 11.4. The lowest BCUT2D eigenvalue weighted by molar-refractivity contribution is -0.152. The molecule has 1 aliphatic rings. The maximum absolute atomic E-state index is 12.4. The lowest BCUT2D eigenvalue weighted by atomic mass is 9.80. The number of benzene rings is 1. The highest BCUT2D eigenvalue weighted by molar-refractivity contribution is 7.90. The molecule has 5 nitrogen and oxygen atoms in total. The minimum atomic E-state index is -3.73. The first kappa shape index (κ1) is 14.7. The first-order chi connectivity index (χ1) is 9.40. The first-order valence-corrected chi connectivity index (χ1v) is 7.81. The van der Waals surface area contributed by atoms with Crippen LogP contribution < -0.4 is 4.72 Å². The predicted molar refractivity (Wildman–Crippen MR) is 74.4 cm³/mol. The fraction of sp³-hybridized carbons (Fsp3) is 0.357. The molecule has 0 fully saturated rings. The van der Waals surface area contributed by atoms with Crippen LogP contribution in [0.2, 0.25) is 0 Å². The van der Waals surface area contributed by atoms with Crippen LogP contribution in [0.3, 0.4) is 0 Å². The van der Waals surface area contributed by atoms with E-state index >= 15 is 0 Å². The molecular formula is C14H17NO4S. The molecule has 1 aromatic carbocycles. The lowest BCUT2D eigenvalue weighted by Crippen LogP contribution is -2.51. The van der Waals surface area contributed by atoms with Crippen molar-refractivity contribution in [2.75, 3.05) is 6.61 Å². The Balaban J connectivity index is 2.72. The number of sulfonamides is 1. The Kier molecular flexibility index (Phi) is 3.71. The normalized spacial score (nSPS) is 24.7. The van der Waals surface area contributed by atoms with Crippen molar-refractivity contribution in [1.82, 2.24) is 4.72 Å². The van der Waals surface area contributed by atoms with Crippen LogP contribution in [0.1, 0.15) is 19.4 Å². The Morgan fingerprint density at radius 1 is 1.50 bits per heavy atom. The molecule has 2 atom stereocenters. The van der Waals surface area contributed by atoms with Crippen LogP contribution in [-0.4, -0.2) is 21.0 Å². The van der Waals surface area contributed by atoms with Gasteiger partial charge in [0.15, 0.2) is 5.54 Å².